The fourth-order valence-electron chi connectivity index (χ4n) is 1.66. The Bertz CT molecular complexity index is 231. The van der Waals surface area contributed by atoms with E-state index in [4.69, 9.17) is 20.5 Å². The highest BCUT2D eigenvalue weighted by Crippen LogP contribution is 2.09. The molecule has 0 saturated heterocycles. The topological polar surface area (TPSA) is 71.5 Å². The minimum absolute atomic E-state index is 0.691. The van der Waals surface area contributed by atoms with Crippen molar-refractivity contribution in [3.63, 3.8) is 0 Å². The molecule has 0 aliphatic heterocycles. The van der Waals surface area contributed by atoms with Gasteiger partial charge in [-0.15, -0.1) is 0 Å². The fraction of sp³-hybridized carbons (Fsp3) is 0.923. The zero-order valence-electron chi connectivity index (χ0n) is 11.9. The van der Waals surface area contributed by atoms with Crippen molar-refractivity contribution in [1.82, 2.24) is 4.90 Å². The first-order valence-corrected chi connectivity index (χ1v) is 6.46. The van der Waals surface area contributed by atoms with Crippen molar-refractivity contribution in [2.24, 2.45) is 5.73 Å². The van der Waals surface area contributed by atoms with E-state index in [0.29, 0.717) is 0 Å². The summed E-state index contributed by atoms with van der Waals surface area (Å²) in [6.07, 6.45) is 2.75. The molecule has 0 aromatic heterocycles. The molecule has 0 fully saturated rings. The minimum atomic E-state index is -0.691. The summed E-state index contributed by atoms with van der Waals surface area (Å²) in [5.74, 6) is 0. The lowest BCUT2D eigenvalue weighted by molar-refractivity contribution is 0.113. The van der Waals surface area contributed by atoms with Crippen molar-refractivity contribution in [3.8, 4) is 6.07 Å². The van der Waals surface area contributed by atoms with Crippen molar-refractivity contribution < 1.29 is 9.47 Å². The van der Waals surface area contributed by atoms with Gasteiger partial charge in [0, 0.05) is 27.3 Å². The third-order valence-corrected chi connectivity index (χ3v) is 2.90. The molecular weight excluding hydrogens is 230 g/mol. The monoisotopic (exact) mass is 257 g/mol. The zero-order valence-corrected chi connectivity index (χ0v) is 11.9. The van der Waals surface area contributed by atoms with Crippen LogP contribution in [0.4, 0.5) is 0 Å². The minimum Gasteiger partial charge on any atom is -0.383 e. The van der Waals surface area contributed by atoms with E-state index in [1.165, 1.54) is 0 Å². The summed E-state index contributed by atoms with van der Waals surface area (Å²) in [5.41, 5.74) is 5.09. The van der Waals surface area contributed by atoms with Gasteiger partial charge in [0.25, 0.3) is 0 Å². The molecule has 1 atom stereocenters. The van der Waals surface area contributed by atoms with Crippen LogP contribution in [0.15, 0.2) is 0 Å². The Morgan fingerprint density at radius 3 is 2.11 bits per heavy atom. The highest BCUT2D eigenvalue weighted by molar-refractivity contribution is 5.00. The molecule has 18 heavy (non-hydrogen) atoms. The number of unbranched alkanes of at least 4 members (excludes halogenated alkanes) is 1. The zero-order chi connectivity index (χ0) is 13.9. The SMILES string of the molecule is COCCN(CCCCC(C)(N)C#N)CCOC. The van der Waals surface area contributed by atoms with Crippen LogP contribution in [0.25, 0.3) is 0 Å². The van der Waals surface area contributed by atoms with E-state index in [1.54, 1.807) is 21.1 Å². The average molecular weight is 257 g/mol. The molecule has 0 aromatic carbocycles. The number of nitrogens with zero attached hydrogens (tertiary/aromatic N) is 2. The summed E-state index contributed by atoms with van der Waals surface area (Å²) in [7, 11) is 3.42. The lowest BCUT2D eigenvalue weighted by atomic mass is 9.98. The number of rotatable bonds is 11. The summed E-state index contributed by atoms with van der Waals surface area (Å²) in [4.78, 5) is 2.31. The predicted octanol–water partition coefficient (Wildman–Crippen LogP) is 0.992. The number of hydrogen-bond acceptors (Lipinski definition) is 5. The van der Waals surface area contributed by atoms with Crippen molar-refractivity contribution >= 4 is 0 Å². The number of hydrogen-bond donors (Lipinski definition) is 1. The van der Waals surface area contributed by atoms with Gasteiger partial charge in [-0.1, -0.05) is 0 Å². The van der Waals surface area contributed by atoms with Gasteiger partial charge in [-0.2, -0.15) is 5.26 Å². The van der Waals surface area contributed by atoms with Crippen molar-refractivity contribution in [3.05, 3.63) is 0 Å². The third-order valence-electron chi connectivity index (χ3n) is 2.90. The van der Waals surface area contributed by atoms with Gasteiger partial charge in [0.1, 0.15) is 5.54 Å². The first-order chi connectivity index (χ1) is 8.55. The van der Waals surface area contributed by atoms with Crippen LogP contribution in [0.3, 0.4) is 0 Å². The van der Waals surface area contributed by atoms with Crippen molar-refractivity contribution in [1.29, 1.82) is 5.26 Å². The van der Waals surface area contributed by atoms with E-state index in [-0.39, 0.29) is 0 Å². The van der Waals surface area contributed by atoms with E-state index in [9.17, 15) is 0 Å². The van der Waals surface area contributed by atoms with Gasteiger partial charge in [-0.3, -0.25) is 4.90 Å². The molecule has 2 N–H and O–H groups in total. The second kappa shape index (κ2) is 10.3. The molecule has 0 amide bonds. The van der Waals surface area contributed by atoms with Crippen LogP contribution in [-0.4, -0.2) is 57.5 Å². The highest BCUT2D eigenvalue weighted by atomic mass is 16.5. The van der Waals surface area contributed by atoms with E-state index >= 15 is 0 Å². The number of nitriles is 1. The standard InChI is InChI=1S/C13H27N3O2/c1-13(15,12-14)6-4-5-7-16(8-10-17-2)9-11-18-3/h4-11,15H2,1-3H3. The van der Waals surface area contributed by atoms with Crippen LogP contribution in [0.5, 0.6) is 0 Å². The van der Waals surface area contributed by atoms with Gasteiger partial charge in [-0.25, -0.2) is 0 Å². The summed E-state index contributed by atoms with van der Waals surface area (Å²) < 4.78 is 10.2. The summed E-state index contributed by atoms with van der Waals surface area (Å²) in [6, 6.07) is 2.12. The van der Waals surface area contributed by atoms with Crippen molar-refractivity contribution in [2.75, 3.05) is 47.1 Å². The molecule has 0 saturated carbocycles. The molecule has 0 bridgehead atoms. The maximum atomic E-state index is 8.82. The Labute approximate surface area is 111 Å². The van der Waals surface area contributed by atoms with Crippen LogP contribution < -0.4 is 5.73 Å². The largest absolute Gasteiger partial charge is 0.383 e. The molecule has 0 aliphatic rings. The lowest BCUT2D eigenvalue weighted by Gasteiger charge is -2.22. The van der Waals surface area contributed by atoms with Crippen LogP contribution in [0.1, 0.15) is 26.2 Å². The average Bonchev–Trinajstić information content (AvgIpc) is 2.36. The van der Waals surface area contributed by atoms with Crippen LogP contribution in [0, 0.1) is 11.3 Å². The predicted molar refractivity (Wildman–Crippen MR) is 72.2 cm³/mol. The van der Waals surface area contributed by atoms with E-state index < -0.39 is 5.54 Å². The van der Waals surface area contributed by atoms with Crippen LogP contribution in [-0.2, 0) is 9.47 Å². The molecule has 0 aliphatic carbocycles. The molecule has 5 heteroatoms. The van der Waals surface area contributed by atoms with Gasteiger partial charge >= 0.3 is 0 Å². The smallest absolute Gasteiger partial charge is 0.101 e. The van der Waals surface area contributed by atoms with Gasteiger partial charge in [-0.05, 0) is 32.7 Å². The summed E-state index contributed by atoms with van der Waals surface area (Å²) >= 11 is 0. The van der Waals surface area contributed by atoms with Crippen LogP contribution in [0.2, 0.25) is 0 Å². The number of nitrogens with two attached hydrogens (primary N) is 1. The lowest BCUT2D eigenvalue weighted by Crippen LogP contribution is -2.35. The molecule has 106 valence electrons. The fourth-order valence-corrected chi connectivity index (χ4v) is 1.66. The molecule has 0 rings (SSSR count). The maximum absolute atomic E-state index is 8.82. The third kappa shape index (κ3) is 9.37. The maximum Gasteiger partial charge on any atom is 0.101 e. The van der Waals surface area contributed by atoms with E-state index in [1.807, 2.05) is 0 Å². The van der Waals surface area contributed by atoms with Gasteiger partial charge in [0.15, 0.2) is 0 Å². The highest BCUT2D eigenvalue weighted by Gasteiger charge is 2.16. The van der Waals surface area contributed by atoms with Crippen molar-refractivity contribution in [2.45, 2.75) is 31.7 Å². The normalized spacial score (nSPS) is 14.4. The molecule has 0 spiro atoms. The second-order valence-electron chi connectivity index (χ2n) is 4.81. The first-order valence-electron chi connectivity index (χ1n) is 6.46. The van der Waals surface area contributed by atoms with Gasteiger partial charge < -0.3 is 15.2 Å². The molecule has 0 radical (unpaired) electrons. The second-order valence-corrected chi connectivity index (χ2v) is 4.81. The van der Waals surface area contributed by atoms with E-state index in [0.717, 1.165) is 52.1 Å². The molecule has 5 nitrogen and oxygen atoms in total. The first kappa shape index (κ1) is 17.3. The molecule has 0 heterocycles. The Kier molecular flexibility index (Phi) is 9.89. The molecule has 1 unspecified atom stereocenters. The Balaban J connectivity index is 3.78. The van der Waals surface area contributed by atoms with Gasteiger partial charge in [0.05, 0.1) is 19.3 Å². The van der Waals surface area contributed by atoms with Gasteiger partial charge in [0.2, 0.25) is 0 Å². The summed E-state index contributed by atoms with van der Waals surface area (Å²) in [6.45, 7) is 6.07. The molecule has 0 aromatic rings. The van der Waals surface area contributed by atoms with E-state index in [2.05, 4.69) is 11.0 Å². The summed E-state index contributed by atoms with van der Waals surface area (Å²) in [5, 5.41) is 8.82. The Morgan fingerprint density at radius 2 is 1.67 bits per heavy atom. The quantitative estimate of drug-likeness (QED) is 0.559. The molecular formula is C13H27N3O2. The Morgan fingerprint density at radius 1 is 1.11 bits per heavy atom. The number of ether oxygens (including phenoxy) is 2. The number of methoxy groups -OCH3 is 2. The Hall–Kier alpha value is -0.670. The van der Waals surface area contributed by atoms with Crippen LogP contribution >= 0.6 is 0 Å².